The molecule has 2 aromatic rings. The van der Waals surface area contributed by atoms with Crippen LogP contribution in [0.15, 0.2) is 21.3 Å². The van der Waals surface area contributed by atoms with Crippen LogP contribution in [-0.2, 0) is 0 Å². The monoisotopic (exact) mass is 180 g/mol. The van der Waals surface area contributed by atoms with Gasteiger partial charge in [0.15, 0.2) is 11.2 Å². The third kappa shape index (κ3) is 1.96. The number of nitrogens with zero attached hydrogens (tertiary/aromatic N) is 1. The summed E-state index contributed by atoms with van der Waals surface area (Å²) < 4.78 is 4.75. The van der Waals surface area contributed by atoms with Gasteiger partial charge in [0.1, 0.15) is 0 Å². The first-order valence-corrected chi connectivity index (χ1v) is 4.22. The minimum Gasteiger partial charge on any atom is -0.406 e. The van der Waals surface area contributed by atoms with Gasteiger partial charge in [-0.05, 0) is 19.1 Å². The van der Waals surface area contributed by atoms with Crippen molar-refractivity contribution in [3.8, 4) is 0 Å². The van der Waals surface area contributed by atoms with E-state index in [2.05, 4.69) is 9.97 Å². The molecule has 0 aliphatic rings. The smallest absolute Gasteiger partial charge is 0.406 e. The average Bonchev–Trinajstić information content (AvgIpc) is 2.48. The van der Waals surface area contributed by atoms with Crippen molar-refractivity contribution in [3.05, 3.63) is 28.4 Å². The van der Waals surface area contributed by atoms with Gasteiger partial charge in [0.2, 0.25) is 0 Å². The molecule has 0 spiro atoms. The number of hydrogen-bond donors (Lipinski definition) is 1. The van der Waals surface area contributed by atoms with E-state index >= 15 is 0 Å². The predicted octanol–water partition coefficient (Wildman–Crippen LogP) is 1.85. The number of aromatic nitrogens is 2. The van der Waals surface area contributed by atoms with E-state index in [-0.39, 0.29) is 0 Å². The Hall–Kier alpha value is -1.58. The van der Waals surface area contributed by atoms with Gasteiger partial charge in [-0.15, -0.1) is 0 Å². The molecule has 13 heavy (non-hydrogen) atoms. The highest BCUT2D eigenvalue weighted by Crippen LogP contribution is 2.06. The maximum Gasteiger partial charge on any atom is 0.418 e. The van der Waals surface area contributed by atoms with Gasteiger partial charge in [-0.1, -0.05) is 13.8 Å². The zero-order chi connectivity index (χ0) is 9.84. The summed E-state index contributed by atoms with van der Waals surface area (Å²) in [6, 6.07) is 3.51. The minimum absolute atomic E-state index is 0.460. The zero-order valence-corrected chi connectivity index (χ0v) is 7.92. The fourth-order valence-electron chi connectivity index (χ4n) is 0.938. The van der Waals surface area contributed by atoms with E-state index in [1.165, 1.54) is 0 Å². The van der Waals surface area contributed by atoms with Gasteiger partial charge in [-0.2, -0.15) is 0 Å². The van der Waals surface area contributed by atoms with E-state index in [0.29, 0.717) is 11.2 Å². The molecule has 0 aromatic carbocycles. The van der Waals surface area contributed by atoms with Gasteiger partial charge >= 0.3 is 5.76 Å². The molecule has 2 aromatic heterocycles. The summed E-state index contributed by atoms with van der Waals surface area (Å²) in [5.74, 6) is -0.460. The number of H-pyrrole nitrogens is 1. The Balaban J connectivity index is 0.000000396. The van der Waals surface area contributed by atoms with Crippen LogP contribution in [0.1, 0.15) is 19.5 Å². The van der Waals surface area contributed by atoms with Gasteiger partial charge < -0.3 is 4.42 Å². The van der Waals surface area contributed by atoms with Crippen LogP contribution in [0, 0.1) is 6.92 Å². The molecule has 4 nitrogen and oxygen atoms in total. The molecule has 2 rings (SSSR count). The number of nitrogens with one attached hydrogen (secondary N) is 1. The van der Waals surface area contributed by atoms with Crippen LogP contribution in [0.2, 0.25) is 0 Å². The van der Waals surface area contributed by atoms with Crippen molar-refractivity contribution in [1.82, 2.24) is 9.97 Å². The molecule has 0 fully saturated rings. The van der Waals surface area contributed by atoms with Crippen LogP contribution in [-0.4, -0.2) is 9.97 Å². The van der Waals surface area contributed by atoms with Gasteiger partial charge in [0, 0.05) is 5.69 Å². The number of oxazole rings is 1. The number of pyridine rings is 1. The second-order valence-electron chi connectivity index (χ2n) is 2.31. The zero-order valence-electron chi connectivity index (χ0n) is 7.92. The maximum absolute atomic E-state index is 10.6. The van der Waals surface area contributed by atoms with Crippen molar-refractivity contribution in [2.75, 3.05) is 0 Å². The SMILES string of the molecule is CC.Cc1ccc2oc(=O)[nH]c2n1. The lowest BCUT2D eigenvalue weighted by molar-refractivity contribution is 0.555. The Morgan fingerprint density at radius 3 is 2.77 bits per heavy atom. The van der Waals surface area contributed by atoms with Crippen molar-refractivity contribution < 1.29 is 4.42 Å². The molecule has 0 saturated carbocycles. The number of aromatic amines is 1. The average molecular weight is 180 g/mol. The van der Waals surface area contributed by atoms with E-state index in [4.69, 9.17) is 4.42 Å². The van der Waals surface area contributed by atoms with Crippen molar-refractivity contribution in [2.24, 2.45) is 0 Å². The van der Waals surface area contributed by atoms with E-state index < -0.39 is 5.76 Å². The highest BCUT2D eigenvalue weighted by atomic mass is 16.4. The standard InChI is InChI=1S/C7H6N2O2.C2H6/c1-4-2-3-5-6(8-4)9-7(10)11-5;1-2/h2-3H,1H3,(H,8,9,10);1-2H3. The molecule has 4 heteroatoms. The maximum atomic E-state index is 10.6. The van der Waals surface area contributed by atoms with Gasteiger partial charge in [-0.25, -0.2) is 9.78 Å². The van der Waals surface area contributed by atoms with E-state index in [9.17, 15) is 4.79 Å². The summed E-state index contributed by atoms with van der Waals surface area (Å²) >= 11 is 0. The molecule has 0 aliphatic carbocycles. The number of aryl methyl sites for hydroxylation is 1. The highest BCUT2D eigenvalue weighted by Gasteiger charge is 1.99. The fourth-order valence-corrected chi connectivity index (χ4v) is 0.938. The Morgan fingerprint density at radius 1 is 1.38 bits per heavy atom. The first-order chi connectivity index (χ1) is 6.25. The number of rotatable bonds is 0. The quantitative estimate of drug-likeness (QED) is 0.673. The molecular weight excluding hydrogens is 168 g/mol. The molecule has 0 aliphatic heterocycles. The summed E-state index contributed by atoms with van der Waals surface area (Å²) in [5.41, 5.74) is 1.87. The minimum atomic E-state index is -0.460. The topological polar surface area (TPSA) is 58.9 Å². The van der Waals surface area contributed by atoms with Gasteiger partial charge in [-0.3, -0.25) is 4.98 Å². The molecule has 0 radical (unpaired) electrons. The molecule has 1 N–H and O–H groups in total. The Kier molecular flexibility index (Phi) is 2.84. The fraction of sp³-hybridized carbons (Fsp3) is 0.333. The van der Waals surface area contributed by atoms with Crippen LogP contribution in [0.3, 0.4) is 0 Å². The first kappa shape index (κ1) is 9.51. The van der Waals surface area contributed by atoms with E-state index in [1.54, 1.807) is 12.1 Å². The molecule has 70 valence electrons. The molecule has 0 saturated heterocycles. The molecule has 0 bridgehead atoms. The highest BCUT2D eigenvalue weighted by molar-refractivity contribution is 5.66. The summed E-state index contributed by atoms with van der Waals surface area (Å²) in [4.78, 5) is 17.2. The Bertz CT molecular complexity index is 442. The van der Waals surface area contributed by atoms with Crippen molar-refractivity contribution in [3.63, 3.8) is 0 Å². The van der Waals surface area contributed by atoms with Crippen LogP contribution in [0.5, 0.6) is 0 Å². The van der Waals surface area contributed by atoms with Crippen LogP contribution in [0.4, 0.5) is 0 Å². The number of fused-ring (bicyclic) bond motifs is 1. The Labute approximate surface area is 75.6 Å². The normalized spacial score (nSPS) is 9.46. The summed E-state index contributed by atoms with van der Waals surface area (Å²) in [6.45, 7) is 5.85. The van der Waals surface area contributed by atoms with Crippen LogP contribution >= 0.6 is 0 Å². The second-order valence-corrected chi connectivity index (χ2v) is 2.31. The molecule has 0 atom stereocenters. The van der Waals surface area contributed by atoms with Gasteiger partial charge in [0.25, 0.3) is 0 Å². The van der Waals surface area contributed by atoms with Gasteiger partial charge in [0.05, 0.1) is 0 Å². The summed E-state index contributed by atoms with van der Waals surface area (Å²) in [6.07, 6.45) is 0. The summed E-state index contributed by atoms with van der Waals surface area (Å²) in [5, 5.41) is 0. The molecule has 0 unspecified atom stereocenters. The van der Waals surface area contributed by atoms with Crippen molar-refractivity contribution in [2.45, 2.75) is 20.8 Å². The molecule has 2 heterocycles. The predicted molar refractivity (Wildman–Crippen MR) is 50.7 cm³/mol. The van der Waals surface area contributed by atoms with Crippen LogP contribution < -0.4 is 5.76 Å². The molecule has 0 amide bonds. The summed E-state index contributed by atoms with van der Waals surface area (Å²) in [7, 11) is 0. The molecular formula is C9H12N2O2. The second kappa shape index (κ2) is 3.89. The van der Waals surface area contributed by atoms with E-state index in [1.807, 2.05) is 20.8 Å². The third-order valence-corrected chi connectivity index (χ3v) is 1.42. The first-order valence-electron chi connectivity index (χ1n) is 4.22. The van der Waals surface area contributed by atoms with E-state index in [0.717, 1.165) is 5.69 Å². The number of hydrogen-bond acceptors (Lipinski definition) is 3. The largest absolute Gasteiger partial charge is 0.418 e. The lowest BCUT2D eigenvalue weighted by Gasteiger charge is -1.87. The third-order valence-electron chi connectivity index (χ3n) is 1.42. The van der Waals surface area contributed by atoms with Crippen LogP contribution in [0.25, 0.3) is 11.2 Å². The lowest BCUT2D eigenvalue weighted by atomic mass is 10.4. The van der Waals surface area contributed by atoms with Crippen molar-refractivity contribution in [1.29, 1.82) is 0 Å². The van der Waals surface area contributed by atoms with Crippen molar-refractivity contribution >= 4 is 11.2 Å². The Morgan fingerprint density at radius 2 is 2.08 bits per heavy atom. The lowest BCUT2D eigenvalue weighted by Crippen LogP contribution is -1.93.